The first kappa shape index (κ1) is 16.8. The van der Waals surface area contributed by atoms with Crippen LogP contribution in [0.25, 0.3) is 0 Å². The minimum atomic E-state index is -0.461. The van der Waals surface area contributed by atoms with Crippen molar-refractivity contribution in [1.29, 1.82) is 0 Å². The summed E-state index contributed by atoms with van der Waals surface area (Å²) in [4.78, 5) is 13.9. The predicted octanol–water partition coefficient (Wildman–Crippen LogP) is 2.55. The Kier molecular flexibility index (Phi) is 5.11. The van der Waals surface area contributed by atoms with Gasteiger partial charge in [0.05, 0.1) is 11.7 Å². The highest BCUT2D eigenvalue weighted by atomic mass is 16.6. The van der Waals surface area contributed by atoms with Gasteiger partial charge in [0.25, 0.3) is 0 Å². The van der Waals surface area contributed by atoms with Crippen molar-refractivity contribution in [2.75, 3.05) is 13.1 Å². The second kappa shape index (κ2) is 6.69. The molecular weight excluding hydrogens is 280 g/mol. The number of aromatic nitrogens is 2. The molecule has 1 fully saturated rings. The van der Waals surface area contributed by atoms with Crippen molar-refractivity contribution in [3.05, 3.63) is 18.0 Å². The zero-order valence-corrected chi connectivity index (χ0v) is 14.1. The molecular formula is C16H28N4O2. The van der Waals surface area contributed by atoms with Gasteiger partial charge in [0.2, 0.25) is 0 Å². The summed E-state index contributed by atoms with van der Waals surface area (Å²) in [5.74, 6) is 0.250. The molecule has 6 nitrogen and oxygen atoms in total. The molecule has 124 valence electrons. The Morgan fingerprint density at radius 1 is 1.55 bits per heavy atom. The van der Waals surface area contributed by atoms with Crippen LogP contribution in [0.4, 0.5) is 4.79 Å². The Morgan fingerprint density at radius 3 is 2.91 bits per heavy atom. The van der Waals surface area contributed by atoms with Crippen LogP contribution in [0.5, 0.6) is 0 Å². The first-order valence-corrected chi connectivity index (χ1v) is 8.07. The van der Waals surface area contributed by atoms with Gasteiger partial charge in [0.1, 0.15) is 5.60 Å². The predicted molar refractivity (Wildman–Crippen MR) is 85.4 cm³/mol. The standard InChI is InChI=1S/C16H28N4O2/c1-5-9-20-13(6-8-18-20)14(17)12-7-10-19(11-12)15(21)22-16(2,3)4/h6,8,12,14H,5,7,9-11,17H2,1-4H3. The highest BCUT2D eigenvalue weighted by Gasteiger charge is 2.34. The third-order valence-corrected chi connectivity index (χ3v) is 3.91. The molecule has 0 spiro atoms. The van der Waals surface area contributed by atoms with Crippen molar-refractivity contribution in [1.82, 2.24) is 14.7 Å². The van der Waals surface area contributed by atoms with Crippen LogP contribution < -0.4 is 5.73 Å². The monoisotopic (exact) mass is 308 g/mol. The molecule has 0 aromatic carbocycles. The molecule has 1 aromatic heterocycles. The summed E-state index contributed by atoms with van der Waals surface area (Å²) in [5, 5.41) is 4.33. The fourth-order valence-corrected chi connectivity index (χ4v) is 2.84. The zero-order valence-electron chi connectivity index (χ0n) is 14.1. The lowest BCUT2D eigenvalue weighted by Gasteiger charge is -2.25. The topological polar surface area (TPSA) is 73.4 Å². The molecule has 0 radical (unpaired) electrons. The lowest BCUT2D eigenvalue weighted by Crippen LogP contribution is -2.36. The number of carbonyl (C=O) groups excluding carboxylic acids is 1. The van der Waals surface area contributed by atoms with Gasteiger partial charge in [-0.25, -0.2) is 4.79 Å². The fourth-order valence-electron chi connectivity index (χ4n) is 2.84. The Balaban J connectivity index is 1.97. The van der Waals surface area contributed by atoms with E-state index in [2.05, 4.69) is 12.0 Å². The molecule has 1 aromatic rings. The van der Waals surface area contributed by atoms with Crippen LogP contribution in [0.2, 0.25) is 0 Å². The number of aryl methyl sites for hydroxylation is 1. The average Bonchev–Trinajstić information content (AvgIpc) is 3.05. The number of nitrogens with zero attached hydrogens (tertiary/aromatic N) is 3. The molecule has 22 heavy (non-hydrogen) atoms. The maximum absolute atomic E-state index is 12.1. The first-order chi connectivity index (χ1) is 10.3. The van der Waals surface area contributed by atoms with Crippen LogP contribution in [-0.2, 0) is 11.3 Å². The summed E-state index contributed by atoms with van der Waals surface area (Å²) in [7, 11) is 0. The van der Waals surface area contributed by atoms with Crippen molar-refractivity contribution in [3.8, 4) is 0 Å². The molecule has 1 amide bonds. The van der Waals surface area contributed by atoms with Crippen LogP contribution in [0.15, 0.2) is 12.3 Å². The number of hydrogen-bond donors (Lipinski definition) is 1. The molecule has 2 rings (SSSR count). The molecule has 0 saturated carbocycles. The lowest BCUT2D eigenvalue weighted by atomic mass is 9.97. The van der Waals surface area contributed by atoms with Gasteiger partial charge in [-0.1, -0.05) is 6.92 Å². The maximum atomic E-state index is 12.1. The molecule has 1 saturated heterocycles. The quantitative estimate of drug-likeness (QED) is 0.927. The number of amides is 1. The summed E-state index contributed by atoms with van der Waals surface area (Å²) in [6.07, 6.45) is 3.48. The van der Waals surface area contributed by atoms with Crippen molar-refractivity contribution in [3.63, 3.8) is 0 Å². The summed E-state index contributed by atoms with van der Waals surface area (Å²) >= 11 is 0. The van der Waals surface area contributed by atoms with Crippen LogP contribution >= 0.6 is 0 Å². The Labute approximate surface area is 132 Å². The third kappa shape index (κ3) is 4.00. The van der Waals surface area contributed by atoms with Crippen LogP contribution in [0, 0.1) is 5.92 Å². The van der Waals surface area contributed by atoms with E-state index in [0.29, 0.717) is 13.1 Å². The van der Waals surface area contributed by atoms with Gasteiger partial charge in [0, 0.05) is 25.8 Å². The number of ether oxygens (including phenoxy) is 1. The molecule has 6 heteroatoms. The third-order valence-electron chi connectivity index (χ3n) is 3.91. The molecule has 2 N–H and O–H groups in total. The smallest absolute Gasteiger partial charge is 0.410 e. The Bertz CT molecular complexity index is 506. The first-order valence-electron chi connectivity index (χ1n) is 8.07. The van der Waals surface area contributed by atoms with Gasteiger partial charge in [-0.3, -0.25) is 4.68 Å². The van der Waals surface area contributed by atoms with E-state index in [1.54, 1.807) is 11.1 Å². The van der Waals surface area contributed by atoms with Gasteiger partial charge >= 0.3 is 6.09 Å². The van der Waals surface area contributed by atoms with E-state index in [1.165, 1.54) is 0 Å². The Hall–Kier alpha value is -1.56. The fraction of sp³-hybridized carbons (Fsp3) is 0.750. The van der Waals surface area contributed by atoms with E-state index < -0.39 is 5.60 Å². The largest absolute Gasteiger partial charge is 0.444 e. The van der Waals surface area contributed by atoms with E-state index >= 15 is 0 Å². The van der Waals surface area contributed by atoms with E-state index in [0.717, 1.165) is 25.1 Å². The minimum Gasteiger partial charge on any atom is -0.444 e. The summed E-state index contributed by atoms with van der Waals surface area (Å²) < 4.78 is 7.40. The zero-order chi connectivity index (χ0) is 16.3. The van der Waals surface area contributed by atoms with E-state index in [9.17, 15) is 4.79 Å². The summed E-state index contributed by atoms with van der Waals surface area (Å²) in [6.45, 7) is 9.99. The minimum absolute atomic E-state index is 0.0958. The molecule has 1 aliphatic heterocycles. The number of carbonyl (C=O) groups is 1. The van der Waals surface area contributed by atoms with E-state index in [-0.39, 0.29) is 18.1 Å². The molecule has 0 aliphatic carbocycles. The number of likely N-dealkylation sites (tertiary alicyclic amines) is 1. The SMILES string of the molecule is CCCn1nccc1C(N)C1CCN(C(=O)OC(C)(C)C)C1. The molecule has 2 unspecified atom stereocenters. The second-order valence-electron chi connectivity index (χ2n) is 6.98. The maximum Gasteiger partial charge on any atom is 0.410 e. The lowest BCUT2D eigenvalue weighted by molar-refractivity contribution is 0.0286. The van der Waals surface area contributed by atoms with Gasteiger partial charge in [-0.15, -0.1) is 0 Å². The van der Waals surface area contributed by atoms with Crippen molar-refractivity contribution in [2.45, 2.75) is 58.7 Å². The molecule has 2 heterocycles. The summed E-state index contributed by atoms with van der Waals surface area (Å²) in [5.41, 5.74) is 7.02. The van der Waals surface area contributed by atoms with E-state index in [4.69, 9.17) is 10.5 Å². The number of rotatable bonds is 4. The van der Waals surface area contributed by atoms with Crippen molar-refractivity contribution in [2.24, 2.45) is 11.7 Å². The van der Waals surface area contributed by atoms with Crippen LogP contribution in [0.1, 0.15) is 52.3 Å². The van der Waals surface area contributed by atoms with Crippen LogP contribution in [-0.4, -0.2) is 39.5 Å². The molecule has 0 bridgehead atoms. The second-order valence-corrected chi connectivity index (χ2v) is 6.98. The van der Waals surface area contributed by atoms with Gasteiger partial charge in [-0.2, -0.15) is 5.10 Å². The van der Waals surface area contributed by atoms with Gasteiger partial charge in [-0.05, 0) is 45.6 Å². The van der Waals surface area contributed by atoms with Gasteiger partial charge < -0.3 is 15.4 Å². The normalized spacial score (nSPS) is 20.2. The van der Waals surface area contributed by atoms with Crippen LogP contribution in [0.3, 0.4) is 0 Å². The number of nitrogens with two attached hydrogens (primary N) is 1. The van der Waals surface area contributed by atoms with Gasteiger partial charge in [0.15, 0.2) is 0 Å². The highest BCUT2D eigenvalue weighted by Crippen LogP contribution is 2.29. The summed E-state index contributed by atoms with van der Waals surface area (Å²) in [6, 6.07) is 1.89. The number of hydrogen-bond acceptors (Lipinski definition) is 4. The van der Waals surface area contributed by atoms with E-state index in [1.807, 2.05) is 31.5 Å². The average molecular weight is 308 g/mol. The van der Waals surface area contributed by atoms with Crippen molar-refractivity contribution < 1.29 is 9.53 Å². The molecule has 2 atom stereocenters. The molecule has 1 aliphatic rings. The highest BCUT2D eigenvalue weighted by molar-refractivity contribution is 5.68. The van der Waals surface area contributed by atoms with Crippen molar-refractivity contribution >= 4 is 6.09 Å². The Morgan fingerprint density at radius 2 is 2.27 bits per heavy atom.